The maximum Gasteiger partial charge on any atom is 0.123 e. The summed E-state index contributed by atoms with van der Waals surface area (Å²) < 4.78 is 5.98. The molecule has 0 aromatic heterocycles. The minimum absolute atomic E-state index is 0. The summed E-state index contributed by atoms with van der Waals surface area (Å²) in [6.45, 7) is 13.9. The average molecular weight is 314 g/mol. The number of rotatable bonds is 6. The van der Waals surface area contributed by atoms with E-state index < -0.39 is 0 Å². The zero-order valence-electron chi connectivity index (χ0n) is 14.5. The Morgan fingerprint density at radius 3 is 2.29 bits per heavy atom. The van der Waals surface area contributed by atoms with Crippen molar-refractivity contribution in [3.8, 4) is 5.75 Å². The highest BCUT2D eigenvalue weighted by atomic mass is 35.5. The Bertz CT molecular complexity index is 438. The molecule has 0 aliphatic heterocycles. The fourth-order valence-electron chi connectivity index (χ4n) is 2.29. The van der Waals surface area contributed by atoms with Gasteiger partial charge in [-0.2, -0.15) is 0 Å². The highest BCUT2D eigenvalue weighted by Gasteiger charge is 2.21. The van der Waals surface area contributed by atoms with E-state index in [4.69, 9.17) is 10.5 Å². The van der Waals surface area contributed by atoms with E-state index in [1.807, 2.05) is 0 Å². The summed E-state index contributed by atoms with van der Waals surface area (Å²) >= 11 is 0. The molecule has 0 radical (unpaired) electrons. The SMILES string of the molecule is CCCOc1cc(CC(N)CC)c(C)cc1C(C)(C)C.Cl. The first kappa shape index (κ1) is 20.3. The maximum absolute atomic E-state index is 6.11. The molecule has 0 spiro atoms. The summed E-state index contributed by atoms with van der Waals surface area (Å²) in [6, 6.07) is 4.72. The van der Waals surface area contributed by atoms with Gasteiger partial charge in [-0.3, -0.25) is 0 Å². The van der Waals surface area contributed by atoms with E-state index in [1.54, 1.807) is 0 Å². The summed E-state index contributed by atoms with van der Waals surface area (Å²) in [7, 11) is 0. The van der Waals surface area contributed by atoms with E-state index in [1.165, 1.54) is 16.7 Å². The fraction of sp³-hybridized carbons (Fsp3) is 0.667. The van der Waals surface area contributed by atoms with Crippen LogP contribution in [-0.4, -0.2) is 12.6 Å². The minimum Gasteiger partial charge on any atom is -0.493 e. The van der Waals surface area contributed by atoms with E-state index in [-0.39, 0.29) is 23.9 Å². The Labute approximate surface area is 136 Å². The van der Waals surface area contributed by atoms with Crippen LogP contribution in [0.5, 0.6) is 5.75 Å². The van der Waals surface area contributed by atoms with Crippen molar-refractivity contribution in [3.63, 3.8) is 0 Å². The van der Waals surface area contributed by atoms with Crippen molar-refractivity contribution in [2.75, 3.05) is 6.61 Å². The number of nitrogens with two attached hydrogens (primary N) is 1. The van der Waals surface area contributed by atoms with Crippen LogP contribution in [0.1, 0.15) is 64.2 Å². The van der Waals surface area contributed by atoms with Crippen molar-refractivity contribution in [1.29, 1.82) is 0 Å². The van der Waals surface area contributed by atoms with Gasteiger partial charge in [-0.25, -0.2) is 0 Å². The first-order valence-electron chi connectivity index (χ1n) is 7.82. The fourth-order valence-corrected chi connectivity index (χ4v) is 2.29. The van der Waals surface area contributed by atoms with Crippen LogP contribution in [0.15, 0.2) is 12.1 Å². The largest absolute Gasteiger partial charge is 0.493 e. The van der Waals surface area contributed by atoms with Gasteiger partial charge in [-0.05, 0) is 54.4 Å². The number of benzene rings is 1. The molecule has 3 heteroatoms. The molecule has 0 saturated heterocycles. The molecular weight excluding hydrogens is 282 g/mol. The predicted molar refractivity (Wildman–Crippen MR) is 94.9 cm³/mol. The highest BCUT2D eigenvalue weighted by molar-refractivity contribution is 5.85. The standard InChI is InChI=1S/C18H31NO.ClH/c1-7-9-20-17-12-14(11-15(19)8-2)13(3)10-16(17)18(4,5)6;/h10,12,15H,7-9,11,19H2,1-6H3;1H. The monoisotopic (exact) mass is 313 g/mol. The summed E-state index contributed by atoms with van der Waals surface area (Å²) in [6.07, 6.45) is 2.96. The Kier molecular flexibility index (Phi) is 8.35. The number of hydrogen-bond acceptors (Lipinski definition) is 2. The molecule has 1 atom stereocenters. The van der Waals surface area contributed by atoms with Crippen molar-refractivity contribution in [2.24, 2.45) is 5.73 Å². The molecule has 1 unspecified atom stereocenters. The smallest absolute Gasteiger partial charge is 0.123 e. The zero-order valence-corrected chi connectivity index (χ0v) is 15.3. The van der Waals surface area contributed by atoms with Crippen molar-refractivity contribution in [3.05, 3.63) is 28.8 Å². The van der Waals surface area contributed by atoms with Gasteiger partial charge in [0, 0.05) is 6.04 Å². The van der Waals surface area contributed by atoms with E-state index in [0.717, 1.165) is 31.6 Å². The number of halogens is 1. The van der Waals surface area contributed by atoms with E-state index in [2.05, 4.69) is 53.7 Å². The molecule has 0 saturated carbocycles. The molecule has 0 bridgehead atoms. The summed E-state index contributed by atoms with van der Waals surface area (Å²) in [5.74, 6) is 1.03. The maximum atomic E-state index is 6.11. The normalized spacial score (nSPS) is 12.7. The molecule has 2 nitrogen and oxygen atoms in total. The van der Waals surface area contributed by atoms with Crippen LogP contribution in [0.3, 0.4) is 0 Å². The Balaban J connectivity index is 0.00000400. The van der Waals surface area contributed by atoms with Crippen molar-refractivity contribution >= 4 is 12.4 Å². The third-order valence-electron chi connectivity index (χ3n) is 3.71. The third kappa shape index (κ3) is 5.88. The molecule has 0 aliphatic carbocycles. The van der Waals surface area contributed by atoms with Gasteiger partial charge >= 0.3 is 0 Å². The van der Waals surface area contributed by atoms with Crippen LogP contribution < -0.4 is 10.5 Å². The average Bonchev–Trinajstić information content (AvgIpc) is 2.37. The molecule has 2 N–H and O–H groups in total. The Morgan fingerprint density at radius 2 is 1.81 bits per heavy atom. The lowest BCUT2D eigenvalue weighted by Gasteiger charge is -2.25. The van der Waals surface area contributed by atoms with Gasteiger partial charge < -0.3 is 10.5 Å². The van der Waals surface area contributed by atoms with Gasteiger partial charge in [0.15, 0.2) is 0 Å². The second kappa shape index (κ2) is 8.65. The zero-order chi connectivity index (χ0) is 15.3. The van der Waals surface area contributed by atoms with Gasteiger partial charge in [0.25, 0.3) is 0 Å². The van der Waals surface area contributed by atoms with Crippen molar-refractivity contribution in [2.45, 2.75) is 72.3 Å². The summed E-state index contributed by atoms with van der Waals surface area (Å²) in [4.78, 5) is 0. The van der Waals surface area contributed by atoms with Gasteiger partial charge in [-0.15, -0.1) is 12.4 Å². The molecule has 0 fully saturated rings. The quantitative estimate of drug-likeness (QED) is 0.820. The first-order chi connectivity index (χ1) is 9.29. The molecule has 1 aromatic rings. The van der Waals surface area contributed by atoms with Crippen LogP contribution in [0.25, 0.3) is 0 Å². The van der Waals surface area contributed by atoms with Crippen LogP contribution in [0, 0.1) is 6.92 Å². The second-order valence-corrected chi connectivity index (χ2v) is 6.75. The number of hydrogen-bond donors (Lipinski definition) is 1. The van der Waals surface area contributed by atoms with Crippen LogP contribution >= 0.6 is 12.4 Å². The van der Waals surface area contributed by atoms with Gasteiger partial charge in [0.05, 0.1) is 6.61 Å². The van der Waals surface area contributed by atoms with Crippen LogP contribution in [-0.2, 0) is 11.8 Å². The second-order valence-electron chi connectivity index (χ2n) is 6.75. The van der Waals surface area contributed by atoms with Gasteiger partial charge in [0.1, 0.15) is 5.75 Å². The molecular formula is C18H32ClNO. The molecule has 0 heterocycles. The Morgan fingerprint density at radius 1 is 1.19 bits per heavy atom. The number of ether oxygens (including phenoxy) is 1. The summed E-state index contributed by atoms with van der Waals surface area (Å²) in [5, 5.41) is 0. The van der Waals surface area contributed by atoms with Crippen molar-refractivity contribution < 1.29 is 4.74 Å². The number of aryl methyl sites for hydroxylation is 1. The molecule has 0 aliphatic rings. The first-order valence-corrected chi connectivity index (χ1v) is 7.82. The molecule has 0 amide bonds. The lowest BCUT2D eigenvalue weighted by molar-refractivity contribution is 0.308. The molecule has 21 heavy (non-hydrogen) atoms. The van der Waals surface area contributed by atoms with E-state index in [0.29, 0.717) is 0 Å². The van der Waals surface area contributed by atoms with Crippen LogP contribution in [0.4, 0.5) is 0 Å². The molecule has 1 aromatic carbocycles. The van der Waals surface area contributed by atoms with E-state index in [9.17, 15) is 0 Å². The predicted octanol–water partition coefficient (Wildman–Crippen LogP) is 4.78. The van der Waals surface area contributed by atoms with Crippen molar-refractivity contribution in [1.82, 2.24) is 0 Å². The molecule has 1 rings (SSSR count). The Hall–Kier alpha value is -0.730. The minimum atomic E-state index is 0. The highest BCUT2D eigenvalue weighted by Crippen LogP contribution is 2.34. The topological polar surface area (TPSA) is 35.2 Å². The molecule has 122 valence electrons. The third-order valence-corrected chi connectivity index (χ3v) is 3.71. The lowest BCUT2D eigenvalue weighted by Crippen LogP contribution is -2.22. The summed E-state index contributed by atoms with van der Waals surface area (Å²) in [5.41, 5.74) is 10.1. The van der Waals surface area contributed by atoms with Crippen LogP contribution in [0.2, 0.25) is 0 Å². The van der Waals surface area contributed by atoms with Gasteiger partial charge in [-0.1, -0.05) is 40.7 Å². The van der Waals surface area contributed by atoms with E-state index >= 15 is 0 Å². The van der Waals surface area contributed by atoms with Gasteiger partial charge in [0.2, 0.25) is 0 Å². The lowest BCUT2D eigenvalue weighted by atomic mass is 9.83.